The molecule has 1 aliphatic heterocycles. The predicted molar refractivity (Wildman–Crippen MR) is 72.5 cm³/mol. The number of ketones is 2. The third-order valence-electron chi connectivity index (χ3n) is 2.70. The number of nitrogens with zero attached hydrogens (tertiary/aromatic N) is 3. The van der Waals surface area contributed by atoms with Gasteiger partial charge in [0.2, 0.25) is 0 Å². The first-order chi connectivity index (χ1) is 9.22. The Hall–Kier alpha value is -1.76. The van der Waals surface area contributed by atoms with Crippen LogP contribution in [-0.2, 0) is 6.54 Å². The molecule has 0 aliphatic carbocycles. The summed E-state index contributed by atoms with van der Waals surface area (Å²) in [6.45, 7) is 0.814. The first-order valence-corrected chi connectivity index (χ1v) is 6.95. The molecule has 0 unspecified atom stereocenters. The molecule has 7 heteroatoms. The first-order valence-electron chi connectivity index (χ1n) is 5.83. The fourth-order valence-electron chi connectivity index (χ4n) is 1.71. The molecule has 2 aromatic heterocycles. The molecule has 0 aromatic carbocycles. The summed E-state index contributed by atoms with van der Waals surface area (Å²) in [6, 6.07) is 0. The third kappa shape index (κ3) is 3.37. The van der Waals surface area contributed by atoms with Crippen molar-refractivity contribution in [2.45, 2.75) is 19.4 Å². The fraction of sp³-hybridized carbons (Fsp3) is 0.333. The smallest absolute Gasteiger partial charge is 0.182 e. The maximum Gasteiger partial charge on any atom is 0.182 e. The highest BCUT2D eigenvalue weighted by Crippen LogP contribution is 2.11. The Kier molecular flexibility index (Phi) is 4.62. The highest BCUT2D eigenvalue weighted by atomic mass is 79.9. The Bertz CT molecular complexity index is 562. The molecule has 1 aliphatic rings. The number of aromatic amines is 1. The van der Waals surface area contributed by atoms with E-state index in [-0.39, 0.29) is 11.6 Å². The van der Waals surface area contributed by atoms with Crippen molar-refractivity contribution in [2.24, 2.45) is 0 Å². The second kappa shape index (κ2) is 6.42. The Balaban J connectivity index is 0.000000141. The van der Waals surface area contributed by atoms with Crippen LogP contribution in [-0.4, -0.2) is 36.4 Å². The van der Waals surface area contributed by atoms with Gasteiger partial charge in [0.05, 0.1) is 25.0 Å². The average Bonchev–Trinajstić information content (AvgIpc) is 3.10. The molecule has 3 heterocycles. The van der Waals surface area contributed by atoms with Gasteiger partial charge in [-0.15, -0.1) is 0 Å². The van der Waals surface area contributed by atoms with Gasteiger partial charge in [-0.25, -0.2) is 9.97 Å². The number of aryl methyl sites for hydroxylation is 1. The number of Topliss-reactive ketones (excluding diaryl/α,β-unsaturated/α-hetero) is 2. The van der Waals surface area contributed by atoms with Crippen molar-refractivity contribution in [1.29, 1.82) is 0 Å². The van der Waals surface area contributed by atoms with E-state index in [1.54, 1.807) is 12.5 Å². The van der Waals surface area contributed by atoms with E-state index in [1.165, 1.54) is 12.5 Å². The highest BCUT2D eigenvalue weighted by molar-refractivity contribution is 9.09. The summed E-state index contributed by atoms with van der Waals surface area (Å²) in [5.74, 6) is 0.307. The van der Waals surface area contributed by atoms with Crippen molar-refractivity contribution >= 4 is 27.5 Å². The van der Waals surface area contributed by atoms with Crippen molar-refractivity contribution < 1.29 is 9.59 Å². The number of halogens is 1. The lowest BCUT2D eigenvalue weighted by molar-refractivity contribution is 0.0981. The molecule has 0 fully saturated rings. The number of aromatic nitrogens is 4. The number of alkyl halides is 1. The zero-order chi connectivity index (χ0) is 13.7. The third-order valence-corrected chi connectivity index (χ3v) is 3.09. The zero-order valence-electron chi connectivity index (χ0n) is 10.2. The average molecular weight is 325 g/mol. The Morgan fingerprint density at radius 3 is 2.89 bits per heavy atom. The number of hydrogen-bond acceptors (Lipinski definition) is 4. The summed E-state index contributed by atoms with van der Waals surface area (Å²) in [6.07, 6.45) is 7.52. The van der Waals surface area contributed by atoms with Gasteiger partial charge < -0.3 is 9.55 Å². The second-order valence-corrected chi connectivity index (χ2v) is 4.77. The van der Waals surface area contributed by atoms with Gasteiger partial charge in [-0.05, 0) is 0 Å². The number of fused-ring (bicyclic) bond motifs is 1. The largest absolute Gasteiger partial charge is 0.342 e. The van der Waals surface area contributed by atoms with E-state index in [4.69, 9.17) is 0 Å². The summed E-state index contributed by atoms with van der Waals surface area (Å²) in [7, 11) is 0. The molecular formula is C12H13BrN4O2. The Morgan fingerprint density at radius 1 is 1.42 bits per heavy atom. The number of carbonyl (C=O) groups excluding carboxylic acids is 2. The van der Waals surface area contributed by atoms with E-state index in [0.717, 1.165) is 12.2 Å². The van der Waals surface area contributed by atoms with Crippen molar-refractivity contribution in [1.82, 2.24) is 19.5 Å². The molecule has 3 rings (SSSR count). The van der Waals surface area contributed by atoms with Gasteiger partial charge in [-0.2, -0.15) is 0 Å². The van der Waals surface area contributed by atoms with Gasteiger partial charge >= 0.3 is 0 Å². The highest BCUT2D eigenvalue weighted by Gasteiger charge is 2.17. The molecular weight excluding hydrogens is 312 g/mol. The fourth-order valence-corrected chi connectivity index (χ4v) is 2.07. The summed E-state index contributed by atoms with van der Waals surface area (Å²) in [5, 5.41) is 0.699. The normalized spacial score (nSPS) is 12.8. The van der Waals surface area contributed by atoms with Crippen LogP contribution in [0.25, 0.3) is 0 Å². The number of imidazole rings is 2. The molecule has 0 atom stereocenters. The summed E-state index contributed by atoms with van der Waals surface area (Å²) >= 11 is 3.18. The minimum atomic E-state index is 0.0920. The SMILES string of the molecule is O=C(CCBr)c1cnc[nH]1.O=C1CCn2cncc21. The summed E-state index contributed by atoms with van der Waals surface area (Å²) in [4.78, 5) is 32.2. The molecule has 0 radical (unpaired) electrons. The maximum atomic E-state index is 11.0. The van der Waals surface area contributed by atoms with E-state index in [2.05, 4.69) is 30.9 Å². The minimum Gasteiger partial charge on any atom is -0.342 e. The van der Waals surface area contributed by atoms with Crippen LogP contribution in [0.1, 0.15) is 33.8 Å². The molecule has 0 spiro atoms. The Labute approximate surface area is 118 Å². The van der Waals surface area contributed by atoms with Crippen LogP contribution in [0.15, 0.2) is 25.0 Å². The van der Waals surface area contributed by atoms with Crippen LogP contribution < -0.4 is 0 Å². The van der Waals surface area contributed by atoms with Crippen LogP contribution in [0.4, 0.5) is 0 Å². The van der Waals surface area contributed by atoms with Crippen molar-refractivity contribution in [3.63, 3.8) is 0 Å². The van der Waals surface area contributed by atoms with Crippen LogP contribution in [0.2, 0.25) is 0 Å². The van der Waals surface area contributed by atoms with Gasteiger partial charge in [-0.3, -0.25) is 9.59 Å². The standard InChI is InChI=1S/C6H7BrN2O.C6H6N2O/c7-2-1-6(10)5-3-8-4-9-5;9-6-1-2-8-4-7-3-5(6)8/h3-4H,1-2H2,(H,8,9);3-4H,1-2H2. The molecule has 19 heavy (non-hydrogen) atoms. The first kappa shape index (κ1) is 13.7. The maximum absolute atomic E-state index is 11.0. The topological polar surface area (TPSA) is 80.6 Å². The molecule has 0 bridgehead atoms. The van der Waals surface area contributed by atoms with Crippen LogP contribution in [0.5, 0.6) is 0 Å². The van der Waals surface area contributed by atoms with Gasteiger partial charge in [0.25, 0.3) is 0 Å². The number of nitrogens with one attached hydrogen (secondary N) is 1. The van der Waals surface area contributed by atoms with Crippen LogP contribution in [0, 0.1) is 0 Å². The van der Waals surface area contributed by atoms with Crippen LogP contribution in [0.3, 0.4) is 0 Å². The molecule has 6 nitrogen and oxygen atoms in total. The van der Waals surface area contributed by atoms with Crippen LogP contribution >= 0.6 is 15.9 Å². The van der Waals surface area contributed by atoms with Crippen molar-refractivity contribution in [3.05, 3.63) is 36.4 Å². The van der Waals surface area contributed by atoms with E-state index in [9.17, 15) is 9.59 Å². The van der Waals surface area contributed by atoms with E-state index in [0.29, 0.717) is 23.9 Å². The minimum absolute atomic E-state index is 0.0920. The molecule has 0 saturated heterocycles. The predicted octanol–water partition coefficient (Wildman–Crippen LogP) is 1.85. The van der Waals surface area contributed by atoms with Crippen molar-refractivity contribution in [3.8, 4) is 0 Å². The Morgan fingerprint density at radius 2 is 2.26 bits per heavy atom. The summed E-state index contributed by atoms with van der Waals surface area (Å²) < 4.78 is 1.88. The number of carbonyl (C=O) groups is 2. The van der Waals surface area contributed by atoms with Gasteiger partial charge in [0.1, 0.15) is 11.4 Å². The van der Waals surface area contributed by atoms with E-state index < -0.39 is 0 Å². The number of hydrogen-bond donors (Lipinski definition) is 1. The monoisotopic (exact) mass is 324 g/mol. The van der Waals surface area contributed by atoms with Crippen molar-refractivity contribution in [2.75, 3.05) is 5.33 Å². The van der Waals surface area contributed by atoms with E-state index >= 15 is 0 Å². The molecule has 1 N–H and O–H groups in total. The summed E-state index contributed by atoms with van der Waals surface area (Å²) in [5.41, 5.74) is 1.34. The number of rotatable bonds is 3. The molecule has 2 aromatic rings. The quantitative estimate of drug-likeness (QED) is 0.690. The molecule has 100 valence electrons. The lowest BCUT2D eigenvalue weighted by Crippen LogP contribution is -1.98. The molecule has 0 saturated carbocycles. The second-order valence-electron chi connectivity index (χ2n) is 3.97. The lowest BCUT2D eigenvalue weighted by atomic mass is 10.2. The van der Waals surface area contributed by atoms with Gasteiger partial charge in [0.15, 0.2) is 11.6 Å². The lowest BCUT2D eigenvalue weighted by Gasteiger charge is -1.89. The molecule has 0 amide bonds. The van der Waals surface area contributed by atoms with Gasteiger partial charge in [-0.1, -0.05) is 15.9 Å². The van der Waals surface area contributed by atoms with Gasteiger partial charge in [0, 0.05) is 24.7 Å². The number of H-pyrrole nitrogens is 1. The van der Waals surface area contributed by atoms with E-state index in [1.807, 2.05) is 4.57 Å². The zero-order valence-corrected chi connectivity index (χ0v) is 11.8.